The highest BCUT2D eigenvalue weighted by Crippen LogP contribution is 2.23. The Morgan fingerprint density at radius 3 is 2.79 bits per heavy atom. The Balaban J connectivity index is 2.31. The number of nitrogen functional groups attached to an aromatic ring is 1. The maximum absolute atomic E-state index is 13.1. The number of halogens is 2. The first-order chi connectivity index (χ1) is 8.99. The van der Waals surface area contributed by atoms with Crippen LogP contribution in [0, 0.1) is 12.7 Å². The van der Waals surface area contributed by atoms with Gasteiger partial charge in [-0.25, -0.2) is 4.39 Å². The SMILES string of the molecule is Cc1c(Cl)cccc1C(=O)Nc1cc(F)ccc1N. The molecule has 0 radical (unpaired) electrons. The molecule has 0 bridgehead atoms. The van der Waals surface area contributed by atoms with Crippen LogP contribution in [0.25, 0.3) is 0 Å². The summed E-state index contributed by atoms with van der Waals surface area (Å²) in [5.74, 6) is -0.843. The first-order valence-electron chi connectivity index (χ1n) is 5.60. The molecule has 19 heavy (non-hydrogen) atoms. The van der Waals surface area contributed by atoms with Gasteiger partial charge >= 0.3 is 0 Å². The van der Waals surface area contributed by atoms with Crippen molar-refractivity contribution in [1.82, 2.24) is 0 Å². The van der Waals surface area contributed by atoms with Crippen molar-refractivity contribution in [3.05, 3.63) is 58.4 Å². The summed E-state index contributed by atoms with van der Waals surface area (Å²) in [6.45, 7) is 1.74. The molecule has 2 aromatic rings. The van der Waals surface area contributed by atoms with Gasteiger partial charge in [0.2, 0.25) is 0 Å². The Labute approximate surface area is 115 Å². The molecular formula is C14H12ClFN2O. The molecule has 2 aromatic carbocycles. The molecule has 0 spiro atoms. The summed E-state index contributed by atoms with van der Waals surface area (Å²) in [7, 11) is 0. The summed E-state index contributed by atoms with van der Waals surface area (Å²) in [5.41, 5.74) is 7.31. The lowest BCUT2D eigenvalue weighted by Crippen LogP contribution is -2.14. The van der Waals surface area contributed by atoms with E-state index >= 15 is 0 Å². The third-order valence-electron chi connectivity index (χ3n) is 2.78. The number of hydrogen-bond acceptors (Lipinski definition) is 2. The summed E-state index contributed by atoms with van der Waals surface area (Å²) in [5, 5.41) is 3.07. The van der Waals surface area contributed by atoms with Crippen molar-refractivity contribution in [3.8, 4) is 0 Å². The first kappa shape index (κ1) is 13.4. The first-order valence-corrected chi connectivity index (χ1v) is 5.98. The molecule has 0 unspecified atom stereocenters. The molecule has 0 aliphatic heterocycles. The molecule has 1 amide bonds. The second-order valence-corrected chi connectivity index (χ2v) is 4.51. The molecule has 0 fully saturated rings. The standard InChI is InChI=1S/C14H12ClFN2O/c1-8-10(3-2-4-11(8)15)14(19)18-13-7-9(16)5-6-12(13)17/h2-7H,17H2,1H3,(H,18,19). The van der Waals surface area contributed by atoms with Crippen molar-refractivity contribution in [2.75, 3.05) is 11.1 Å². The van der Waals surface area contributed by atoms with Crippen LogP contribution in [0.1, 0.15) is 15.9 Å². The zero-order chi connectivity index (χ0) is 14.0. The number of nitrogens with one attached hydrogen (secondary N) is 1. The van der Waals surface area contributed by atoms with E-state index in [4.69, 9.17) is 17.3 Å². The molecule has 0 heterocycles. The summed E-state index contributed by atoms with van der Waals surface area (Å²) >= 11 is 5.95. The highest BCUT2D eigenvalue weighted by Gasteiger charge is 2.12. The summed E-state index contributed by atoms with van der Waals surface area (Å²) in [6.07, 6.45) is 0. The summed E-state index contributed by atoms with van der Waals surface area (Å²) < 4.78 is 13.1. The predicted octanol–water partition coefficient (Wildman–Crippen LogP) is 3.62. The van der Waals surface area contributed by atoms with E-state index < -0.39 is 5.82 Å². The number of nitrogens with two attached hydrogens (primary N) is 1. The quantitative estimate of drug-likeness (QED) is 0.824. The van der Waals surface area contributed by atoms with Crippen LogP contribution in [-0.2, 0) is 0 Å². The van der Waals surface area contributed by atoms with Gasteiger partial charge in [-0.05, 0) is 42.8 Å². The van der Waals surface area contributed by atoms with Crippen molar-refractivity contribution < 1.29 is 9.18 Å². The van der Waals surface area contributed by atoms with Crippen molar-refractivity contribution in [1.29, 1.82) is 0 Å². The molecule has 0 atom stereocenters. The van der Waals surface area contributed by atoms with Crippen molar-refractivity contribution in [2.45, 2.75) is 6.92 Å². The lowest BCUT2D eigenvalue weighted by atomic mass is 10.1. The second kappa shape index (κ2) is 5.28. The fourth-order valence-electron chi connectivity index (χ4n) is 1.68. The fraction of sp³-hybridized carbons (Fsp3) is 0.0714. The molecule has 0 saturated carbocycles. The topological polar surface area (TPSA) is 55.1 Å². The van der Waals surface area contributed by atoms with Gasteiger partial charge in [0.1, 0.15) is 5.82 Å². The maximum atomic E-state index is 13.1. The molecule has 98 valence electrons. The molecule has 0 saturated heterocycles. The van der Waals surface area contributed by atoms with Gasteiger partial charge < -0.3 is 11.1 Å². The monoisotopic (exact) mass is 278 g/mol. The van der Waals surface area contributed by atoms with Gasteiger partial charge in [-0.3, -0.25) is 4.79 Å². The minimum Gasteiger partial charge on any atom is -0.397 e. The molecule has 3 nitrogen and oxygen atoms in total. The van der Waals surface area contributed by atoms with Crippen LogP contribution < -0.4 is 11.1 Å². The Bertz CT molecular complexity index is 643. The number of hydrogen-bond donors (Lipinski definition) is 2. The van der Waals surface area contributed by atoms with Gasteiger partial charge in [0.25, 0.3) is 5.91 Å². The van der Waals surface area contributed by atoms with Gasteiger partial charge in [0.05, 0.1) is 11.4 Å². The largest absolute Gasteiger partial charge is 0.397 e. The van der Waals surface area contributed by atoms with Gasteiger partial charge in [-0.15, -0.1) is 0 Å². The number of carbonyl (C=O) groups is 1. The molecule has 0 aliphatic carbocycles. The average molecular weight is 279 g/mol. The number of benzene rings is 2. The van der Waals surface area contributed by atoms with Gasteiger partial charge in [0.15, 0.2) is 0 Å². The van der Waals surface area contributed by atoms with E-state index in [-0.39, 0.29) is 11.6 Å². The Morgan fingerprint density at radius 2 is 2.05 bits per heavy atom. The molecule has 5 heteroatoms. The number of amides is 1. The van der Waals surface area contributed by atoms with E-state index in [0.717, 1.165) is 0 Å². The van der Waals surface area contributed by atoms with E-state index in [9.17, 15) is 9.18 Å². The van der Waals surface area contributed by atoms with E-state index in [0.29, 0.717) is 21.8 Å². The second-order valence-electron chi connectivity index (χ2n) is 4.10. The van der Waals surface area contributed by atoms with E-state index in [2.05, 4.69) is 5.32 Å². The van der Waals surface area contributed by atoms with E-state index in [1.165, 1.54) is 18.2 Å². The Morgan fingerprint density at radius 1 is 1.32 bits per heavy atom. The van der Waals surface area contributed by atoms with Crippen molar-refractivity contribution in [3.63, 3.8) is 0 Å². The zero-order valence-electron chi connectivity index (χ0n) is 10.2. The van der Waals surface area contributed by atoms with Crippen LogP contribution in [0.3, 0.4) is 0 Å². The molecular weight excluding hydrogens is 267 g/mol. The van der Waals surface area contributed by atoms with Crippen LogP contribution in [0.4, 0.5) is 15.8 Å². The smallest absolute Gasteiger partial charge is 0.256 e. The Kier molecular flexibility index (Phi) is 3.71. The highest BCUT2D eigenvalue weighted by atomic mass is 35.5. The van der Waals surface area contributed by atoms with Crippen molar-refractivity contribution >= 4 is 28.9 Å². The third-order valence-corrected chi connectivity index (χ3v) is 3.19. The highest BCUT2D eigenvalue weighted by molar-refractivity contribution is 6.32. The van der Waals surface area contributed by atoms with Gasteiger partial charge in [-0.2, -0.15) is 0 Å². The van der Waals surface area contributed by atoms with Crippen LogP contribution in [0.15, 0.2) is 36.4 Å². The van der Waals surface area contributed by atoms with Crippen LogP contribution in [0.5, 0.6) is 0 Å². The van der Waals surface area contributed by atoms with E-state index in [1.54, 1.807) is 25.1 Å². The molecule has 3 N–H and O–H groups in total. The van der Waals surface area contributed by atoms with Crippen LogP contribution in [0.2, 0.25) is 5.02 Å². The van der Waals surface area contributed by atoms with Crippen LogP contribution >= 0.6 is 11.6 Å². The lowest BCUT2D eigenvalue weighted by molar-refractivity contribution is 0.102. The Hall–Kier alpha value is -2.07. The summed E-state index contributed by atoms with van der Waals surface area (Å²) in [6, 6.07) is 8.83. The minimum absolute atomic E-state index is 0.240. The number of carbonyl (C=O) groups excluding carboxylic acids is 1. The predicted molar refractivity (Wildman–Crippen MR) is 75.0 cm³/mol. The fourth-order valence-corrected chi connectivity index (χ4v) is 1.85. The molecule has 0 aromatic heterocycles. The maximum Gasteiger partial charge on any atom is 0.256 e. The lowest BCUT2D eigenvalue weighted by Gasteiger charge is -2.10. The molecule has 2 rings (SSSR count). The molecule has 0 aliphatic rings. The van der Waals surface area contributed by atoms with Crippen molar-refractivity contribution in [2.24, 2.45) is 0 Å². The zero-order valence-corrected chi connectivity index (χ0v) is 11.0. The number of anilines is 2. The van der Waals surface area contributed by atoms with Crippen LogP contribution in [-0.4, -0.2) is 5.91 Å². The third kappa shape index (κ3) is 2.85. The van der Waals surface area contributed by atoms with Gasteiger partial charge in [0, 0.05) is 10.6 Å². The number of rotatable bonds is 2. The normalized spacial score (nSPS) is 10.3. The van der Waals surface area contributed by atoms with E-state index in [1.807, 2.05) is 0 Å². The van der Waals surface area contributed by atoms with Gasteiger partial charge in [-0.1, -0.05) is 17.7 Å². The minimum atomic E-state index is -0.465. The summed E-state index contributed by atoms with van der Waals surface area (Å²) in [4.78, 5) is 12.1. The average Bonchev–Trinajstić information content (AvgIpc) is 2.37.